The Balaban J connectivity index is 1.42. The Morgan fingerprint density at radius 1 is 1.10 bits per heavy atom. The number of amides is 1. The molecule has 0 aromatic heterocycles. The van der Waals surface area contributed by atoms with Crippen LogP contribution in [-0.4, -0.2) is 51.0 Å². The molecule has 6 rings (SSSR count). The average molecular weight is 615 g/mol. The third-order valence-electron chi connectivity index (χ3n) is 10.8. The van der Waals surface area contributed by atoms with Crippen molar-refractivity contribution in [1.29, 1.82) is 0 Å². The van der Waals surface area contributed by atoms with Crippen molar-refractivity contribution in [1.82, 2.24) is 4.72 Å². The Kier molecular flexibility index (Phi) is 8.26. The molecular weight excluding hydrogens is 572 g/mol. The number of aryl methyl sites for hydroxylation is 1. The smallest absolute Gasteiger partial charge is 0.264 e. The fourth-order valence-electron chi connectivity index (χ4n) is 7.94. The molecule has 2 heterocycles. The van der Waals surface area contributed by atoms with Crippen LogP contribution in [0.3, 0.4) is 0 Å². The zero-order valence-electron chi connectivity index (χ0n) is 24.6. The second-order valence-electron chi connectivity index (χ2n) is 13.3. The molecule has 9 heteroatoms. The molecule has 1 fully saturated rings. The van der Waals surface area contributed by atoms with Crippen molar-refractivity contribution < 1.29 is 23.1 Å². The molecule has 2 aliphatic heterocycles. The van der Waals surface area contributed by atoms with Gasteiger partial charge in [0.1, 0.15) is 5.75 Å². The van der Waals surface area contributed by atoms with Crippen molar-refractivity contribution in [3.8, 4) is 5.75 Å². The van der Waals surface area contributed by atoms with E-state index in [0.29, 0.717) is 29.8 Å². The highest BCUT2D eigenvalue weighted by Crippen LogP contribution is 2.48. The fourth-order valence-corrected chi connectivity index (χ4v) is 9.45. The molecule has 228 valence electrons. The van der Waals surface area contributed by atoms with Gasteiger partial charge in [-0.15, -0.1) is 0 Å². The number of nitrogens with zero attached hydrogens (tertiary/aromatic N) is 1. The number of nitrogens with one attached hydrogen (secondary N) is 1. The van der Waals surface area contributed by atoms with Crippen LogP contribution in [0.2, 0.25) is 5.02 Å². The molecule has 2 bridgehead atoms. The number of hydrogen-bond donors (Lipinski definition) is 2. The van der Waals surface area contributed by atoms with Crippen molar-refractivity contribution in [2.45, 2.75) is 75.9 Å². The quantitative estimate of drug-likeness (QED) is 0.427. The van der Waals surface area contributed by atoms with Gasteiger partial charge in [-0.3, -0.25) is 4.79 Å². The lowest BCUT2D eigenvalue weighted by Crippen LogP contribution is -2.49. The van der Waals surface area contributed by atoms with Gasteiger partial charge in [-0.25, -0.2) is 13.1 Å². The number of ether oxygens (including phenoxy) is 1. The lowest BCUT2D eigenvalue weighted by molar-refractivity contribution is 0.0569. The first kappa shape index (κ1) is 29.8. The fraction of sp³-hybridized carbons (Fsp3) is 0.606. The lowest BCUT2D eigenvalue weighted by Gasteiger charge is -2.46. The van der Waals surface area contributed by atoms with Crippen LogP contribution >= 0.6 is 11.6 Å². The van der Waals surface area contributed by atoms with Crippen molar-refractivity contribution in [3.05, 3.63) is 58.1 Å². The Morgan fingerprint density at radius 2 is 1.93 bits per heavy atom. The number of aliphatic hydroxyl groups is 1. The normalized spacial score (nSPS) is 32.9. The zero-order chi connectivity index (χ0) is 29.6. The van der Waals surface area contributed by atoms with E-state index in [-0.39, 0.29) is 23.9 Å². The SMILES string of the molecule is C[C@@H]1[C@@H](C)CCC[C@@H](CO)C2CCC2CN2C[C@@]3(CCCc4cc(Cl)ccc43)COc3ccc(cc32)C(=O)NS1(=O)=O. The number of rotatable bonds is 1. The molecule has 7 nitrogen and oxygen atoms in total. The summed E-state index contributed by atoms with van der Waals surface area (Å²) in [6.45, 7) is 5.83. The Labute approximate surface area is 255 Å². The molecule has 6 atom stereocenters. The van der Waals surface area contributed by atoms with Crippen LogP contribution in [0, 0.1) is 23.7 Å². The lowest BCUT2D eigenvalue weighted by atomic mass is 9.65. The van der Waals surface area contributed by atoms with Crippen LogP contribution in [0.1, 0.15) is 80.3 Å². The van der Waals surface area contributed by atoms with Crippen molar-refractivity contribution in [2.75, 3.05) is 31.2 Å². The summed E-state index contributed by atoms with van der Waals surface area (Å²) in [6.07, 6.45) is 7.70. The van der Waals surface area contributed by atoms with Gasteiger partial charge in [0.25, 0.3) is 5.91 Å². The Bertz CT molecular complexity index is 1450. The molecule has 42 heavy (non-hydrogen) atoms. The molecule has 0 saturated heterocycles. The first-order valence-corrected chi connectivity index (χ1v) is 17.5. The second kappa shape index (κ2) is 11.7. The van der Waals surface area contributed by atoms with E-state index in [0.717, 1.165) is 75.2 Å². The van der Waals surface area contributed by atoms with Crippen LogP contribution < -0.4 is 14.4 Å². The maximum atomic E-state index is 13.4. The van der Waals surface area contributed by atoms with Crippen molar-refractivity contribution in [3.63, 3.8) is 0 Å². The summed E-state index contributed by atoms with van der Waals surface area (Å²) >= 11 is 6.40. The first-order valence-electron chi connectivity index (χ1n) is 15.6. The third-order valence-corrected chi connectivity index (χ3v) is 13.0. The summed E-state index contributed by atoms with van der Waals surface area (Å²) in [5.41, 5.74) is 3.46. The molecule has 2 unspecified atom stereocenters. The average Bonchev–Trinajstić information content (AvgIpc) is 3.10. The summed E-state index contributed by atoms with van der Waals surface area (Å²) in [7, 11) is -3.87. The number of carbonyl (C=O) groups is 1. The maximum Gasteiger partial charge on any atom is 0.264 e. The predicted molar refractivity (Wildman–Crippen MR) is 166 cm³/mol. The van der Waals surface area contributed by atoms with Gasteiger partial charge in [0, 0.05) is 35.7 Å². The largest absolute Gasteiger partial charge is 0.490 e. The molecule has 2 N–H and O–H groups in total. The highest BCUT2D eigenvalue weighted by molar-refractivity contribution is 7.90. The molecule has 2 aliphatic carbocycles. The molecule has 0 radical (unpaired) electrons. The molecule has 1 saturated carbocycles. The van der Waals surface area contributed by atoms with Gasteiger partial charge < -0.3 is 14.7 Å². The topological polar surface area (TPSA) is 95.9 Å². The van der Waals surface area contributed by atoms with Crippen LogP contribution in [0.15, 0.2) is 36.4 Å². The second-order valence-corrected chi connectivity index (χ2v) is 15.8. The van der Waals surface area contributed by atoms with Crippen LogP contribution in [0.4, 0.5) is 5.69 Å². The number of aliphatic hydroxyl groups excluding tert-OH is 1. The van der Waals surface area contributed by atoms with E-state index in [1.54, 1.807) is 13.0 Å². The molecule has 2 aromatic carbocycles. The van der Waals surface area contributed by atoms with Gasteiger partial charge in [-0.2, -0.15) is 0 Å². The van der Waals surface area contributed by atoms with E-state index in [1.807, 2.05) is 25.1 Å². The van der Waals surface area contributed by atoms with Gasteiger partial charge in [0.05, 0.1) is 17.5 Å². The van der Waals surface area contributed by atoms with E-state index < -0.39 is 21.2 Å². The zero-order valence-corrected chi connectivity index (χ0v) is 26.2. The highest BCUT2D eigenvalue weighted by atomic mass is 35.5. The van der Waals surface area contributed by atoms with E-state index in [1.165, 1.54) is 11.1 Å². The van der Waals surface area contributed by atoms with Gasteiger partial charge in [0.15, 0.2) is 0 Å². The Hall–Kier alpha value is -2.29. The predicted octanol–water partition coefficient (Wildman–Crippen LogP) is 5.72. The number of hydrogen-bond acceptors (Lipinski definition) is 6. The number of sulfonamides is 1. The molecule has 4 aliphatic rings. The van der Waals surface area contributed by atoms with Crippen LogP contribution in [-0.2, 0) is 21.9 Å². The summed E-state index contributed by atoms with van der Waals surface area (Å²) in [5.74, 6) is 1.05. The number of benzene rings is 2. The van der Waals surface area contributed by atoms with Crippen LogP contribution in [0.5, 0.6) is 5.75 Å². The standard InChI is InChI=1S/C33H43ClN2O5S/c1-21-5-3-6-26(18-37)28-11-8-25(28)17-36-19-33(14-4-7-23-15-27(34)10-12-29(23)33)20-41-31-13-9-24(16-30(31)36)32(38)35-42(39,40)22(21)2/h9-10,12-13,15-16,21-22,25-26,28,37H,3-8,11,14,17-20H2,1-2H3,(H,35,38)/t21-,22+,25?,26-,28?,33-/m0/s1. The molecule has 1 spiro atoms. The minimum atomic E-state index is -3.87. The minimum Gasteiger partial charge on any atom is -0.490 e. The molecule has 1 amide bonds. The molecule has 2 aromatic rings. The monoisotopic (exact) mass is 614 g/mol. The summed E-state index contributed by atoms with van der Waals surface area (Å²) < 4.78 is 35.3. The van der Waals surface area contributed by atoms with E-state index in [4.69, 9.17) is 16.3 Å². The minimum absolute atomic E-state index is 0.111. The summed E-state index contributed by atoms with van der Waals surface area (Å²) in [6, 6.07) is 11.5. The Morgan fingerprint density at radius 3 is 2.69 bits per heavy atom. The highest BCUT2D eigenvalue weighted by Gasteiger charge is 2.44. The third kappa shape index (κ3) is 5.55. The van der Waals surface area contributed by atoms with Crippen molar-refractivity contribution in [2.24, 2.45) is 23.7 Å². The van der Waals surface area contributed by atoms with Crippen LogP contribution in [0.25, 0.3) is 0 Å². The van der Waals surface area contributed by atoms with E-state index in [9.17, 15) is 18.3 Å². The number of halogens is 1. The van der Waals surface area contributed by atoms with Gasteiger partial charge in [-0.1, -0.05) is 31.0 Å². The number of carbonyl (C=O) groups excluding carboxylic acids is 1. The van der Waals surface area contributed by atoms with E-state index >= 15 is 0 Å². The number of anilines is 1. The number of fused-ring (bicyclic) bond motifs is 4. The summed E-state index contributed by atoms with van der Waals surface area (Å²) in [4.78, 5) is 15.7. The maximum absolute atomic E-state index is 13.4. The molecular formula is C33H43ClN2O5S. The summed E-state index contributed by atoms with van der Waals surface area (Å²) in [5, 5.41) is 10.4. The van der Waals surface area contributed by atoms with Gasteiger partial charge in [0.2, 0.25) is 10.0 Å². The first-order chi connectivity index (χ1) is 20.1. The van der Waals surface area contributed by atoms with Crippen molar-refractivity contribution >= 4 is 33.2 Å². The van der Waals surface area contributed by atoms with Gasteiger partial charge >= 0.3 is 0 Å². The van der Waals surface area contributed by atoms with E-state index in [2.05, 4.69) is 21.8 Å². The van der Waals surface area contributed by atoms with Gasteiger partial charge in [-0.05, 0) is 117 Å².